The van der Waals surface area contributed by atoms with Gasteiger partial charge in [0.2, 0.25) is 0 Å². The first-order valence-corrected chi connectivity index (χ1v) is 8.17. The molecule has 0 radical (unpaired) electrons. The summed E-state index contributed by atoms with van der Waals surface area (Å²) in [7, 11) is 0. The molecule has 2 aromatic heterocycles. The molecule has 0 aromatic carbocycles. The third kappa shape index (κ3) is 2.56. The van der Waals surface area contributed by atoms with Crippen molar-refractivity contribution in [1.29, 1.82) is 0 Å². The Bertz CT molecular complexity index is 608. The largest absolute Gasteiger partial charge is 0.316 e. The van der Waals surface area contributed by atoms with Crippen LogP contribution < -0.4 is 10.6 Å². The molecule has 0 aliphatic carbocycles. The van der Waals surface area contributed by atoms with Crippen LogP contribution >= 0.6 is 0 Å². The van der Waals surface area contributed by atoms with E-state index in [0.717, 1.165) is 37.3 Å². The fraction of sp³-hybridized carbons (Fsp3) is 0.625. The monoisotopic (exact) mass is 285 g/mol. The highest BCUT2D eigenvalue weighted by molar-refractivity contribution is 5.71. The molecule has 2 aliphatic heterocycles. The van der Waals surface area contributed by atoms with Crippen molar-refractivity contribution in [1.82, 2.24) is 25.2 Å². The summed E-state index contributed by atoms with van der Waals surface area (Å²) >= 11 is 0. The zero-order valence-electron chi connectivity index (χ0n) is 12.4. The van der Waals surface area contributed by atoms with Crippen LogP contribution in [0.15, 0.2) is 18.3 Å². The van der Waals surface area contributed by atoms with Gasteiger partial charge in [-0.3, -0.25) is 0 Å². The van der Waals surface area contributed by atoms with E-state index >= 15 is 0 Å². The molecular formula is C16H23N5. The number of hydrogen-bond acceptors (Lipinski definition) is 4. The van der Waals surface area contributed by atoms with Crippen LogP contribution in [0, 0.1) is 5.92 Å². The van der Waals surface area contributed by atoms with Crippen LogP contribution in [0.5, 0.6) is 0 Å². The maximum Gasteiger partial charge on any atom is 0.160 e. The van der Waals surface area contributed by atoms with Crippen LogP contribution in [0.25, 0.3) is 11.2 Å². The van der Waals surface area contributed by atoms with Crippen molar-refractivity contribution < 1.29 is 0 Å². The van der Waals surface area contributed by atoms with E-state index in [-0.39, 0.29) is 0 Å². The predicted molar refractivity (Wildman–Crippen MR) is 83.1 cm³/mol. The minimum atomic E-state index is 0.399. The molecule has 21 heavy (non-hydrogen) atoms. The number of aromatic nitrogens is 3. The molecule has 0 spiro atoms. The third-order valence-electron chi connectivity index (χ3n) is 4.74. The molecule has 2 aromatic rings. The Morgan fingerprint density at radius 1 is 1.24 bits per heavy atom. The van der Waals surface area contributed by atoms with Crippen molar-refractivity contribution in [2.45, 2.75) is 38.3 Å². The molecule has 2 atom stereocenters. The molecular weight excluding hydrogens is 262 g/mol. The first kappa shape index (κ1) is 13.2. The van der Waals surface area contributed by atoms with E-state index in [1.807, 2.05) is 12.3 Å². The predicted octanol–water partition coefficient (Wildman–Crippen LogP) is 1.86. The Kier molecular flexibility index (Phi) is 3.61. The van der Waals surface area contributed by atoms with Crippen molar-refractivity contribution >= 4 is 11.2 Å². The molecule has 5 heteroatoms. The van der Waals surface area contributed by atoms with E-state index in [4.69, 9.17) is 4.98 Å². The number of imidazole rings is 1. The van der Waals surface area contributed by atoms with Gasteiger partial charge in [-0.25, -0.2) is 9.97 Å². The van der Waals surface area contributed by atoms with Gasteiger partial charge in [-0.1, -0.05) is 0 Å². The zero-order valence-corrected chi connectivity index (χ0v) is 12.4. The Labute approximate surface area is 125 Å². The maximum atomic E-state index is 4.88. The number of hydrogen-bond donors (Lipinski definition) is 2. The summed E-state index contributed by atoms with van der Waals surface area (Å²) < 4.78 is 2.37. The summed E-state index contributed by atoms with van der Waals surface area (Å²) in [6.45, 7) is 4.42. The fourth-order valence-electron chi connectivity index (χ4n) is 3.66. The van der Waals surface area contributed by atoms with E-state index in [9.17, 15) is 0 Å². The lowest BCUT2D eigenvalue weighted by Crippen LogP contribution is -2.33. The molecule has 2 unspecified atom stereocenters. The van der Waals surface area contributed by atoms with Crippen LogP contribution in [0.1, 0.15) is 37.5 Å². The Hall–Kier alpha value is -1.46. The molecule has 0 bridgehead atoms. The van der Waals surface area contributed by atoms with Crippen LogP contribution in [0.2, 0.25) is 0 Å². The van der Waals surface area contributed by atoms with Gasteiger partial charge < -0.3 is 15.2 Å². The van der Waals surface area contributed by atoms with E-state index in [0.29, 0.717) is 12.0 Å². The maximum absolute atomic E-state index is 4.88. The molecule has 2 N–H and O–H groups in total. The van der Waals surface area contributed by atoms with Crippen LogP contribution in [-0.4, -0.2) is 34.2 Å². The minimum Gasteiger partial charge on any atom is -0.316 e. The highest BCUT2D eigenvalue weighted by Gasteiger charge is 2.25. The average molecular weight is 285 g/mol. The van der Waals surface area contributed by atoms with Gasteiger partial charge in [0.05, 0.1) is 6.04 Å². The molecule has 4 heterocycles. The smallest absolute Gasteiger partial charge is 0.160 e. The molecule has 0 saturated carbocycles. The molecule has 4 rings (SSSR count). The number of nitrogens with one attached hydrogen (secondary N) is 2. The van der Waals surface area contributed by atoms with Crippen LogP contribution in [-0.2, 0) is 6.54 Å². The average Bonchev–Trinajstić information content (AvgIpc) is 3.16. The van der Waals surface area contributed by atoms with Crippen molar-refractivity contribution in [3.8, 4) is 0 Å². The van der Waals surface area contributed by atoms with Gasteiger partial charge in [-0.2, -0.15) is 0 Å². The minimum absolute atomic E-state index is 0.399. The second-order valence-corrected chi connectivity index (χ2v) is 6.29. The zero-order chi connectivity index (χ0) is 14.1. The van der Waals surface area contributed by atoms with Gasteiger partial charge >= 0.3 is 0 Å². The Morgan fingerprint density at radius 2 is 2.19 bits per heavy atom. The first-order chi connectivity index (χ1) is 10.4. The van der Waals surface area contributed by atoms with Gasteiger partial charge in [-0.15, -0.1) is 0 Å². The normalized spacial score (nSPS) is 26.5. The van der Waals surface area contributed by atoms with Gasteiger partial charge in [0.25, 0.3) is 0 Å². The van der Waals surface area contributed by atoms with E-state index < -0.39 is 0 Å². The molecule has 2 aliphatic rings. The lowest BCUT2D eigenvalue weighted by atomic mass is 9.99. The van der Waals surface area contributed by atoms with Gasteiger partial charge in [0.1, 0.15) is 11.3 Å². The van der Waals surface area contributed by atoms with E-state index in [1.54, 1.807) is 0 Å². The summed E-state index contributed by atoms with van der Waals surface area (Å²) in [5.74, 6) is 1.88. The number of pyridine rings is 1. The number of fused-ring (bicyclic) bond motifs is 1. The van der Waals surface area contributed by atoms with E-state index in [1.165, 1.54) is 31.5 Å². The van der Waals surface area contributed by atoms with Crippen LogP contribution in [0.4, 0.5) is 0 Å². The Morgan fingerprint density at radius 3 is 3.00 bits per heavy atom. The van der Waals surface area contributed by atoms with Crippen molar-refractivity contribution in [2.24, 2.45) is 5.92 Å². The summed E-state index contributed by atoms with van der Waals surface area (Å²) in [5, 5.41) is 7.10. The molecule has 2 saturated heterocycles. The summed E-state index contributed by atoms with van der Waals surface area (Å²) in [6, 6.07) is 4.46. The summed E-state index contributed by atoms with van der Waals surface area (Å²) in [4.78, 5) is 9.47. The highest BCUT2D eigenvalue weighted by atomic mass is 15.2. The van der Waals surface area contributed by atoms with Crippen LogP contribution in [0.3, 0.4) is 0 Å². The number of piperidine rings is 1. The second kappa shape index (κ2) is 5.73. The number of nitrogens with zero attached hydrogens (tertiary/aromatic N) is 3. The third-order valence-corrected chi connectivity index (χ3v) is 4.74. The van der Waals surface area contributed by atoms with Gasteiger partial charge in [0, 0.05) is 12.7 Å². The van der Waals surface area contributed by atoms with E-state index in [2.05, 4.69) is 26.3 Å². The first-order valence-electron chi connectivity index (χ1n) is 8.17. The van der Waals surface area contributed by atoms with Gasteiger partial charge in [0.15, 0.2) is 5.65 Å². The molecule has 112 valence electrons. The van der Waals surface area contributed by atoms with Crippen molar-refractivity contribution in [2.75, 3.05) is 19.6 Å². The van der Waals surface area contributed by atoms with Gasteiger partial charge in [-0.05, 0) is 63.4 Å². The summed E-state index contributed by atoms with van der Waals surface area (Å²) in [5.41, 5.74) is 2.08. The summed E-state index contributed by atoms with van der Waals surface area (Å²) in [6.07, 6.45) is 6.89. The molecule has 0 amide bonds. The highest BCUT2D eigenvalue weighted by Crippen LogP contribution is 2.27. The lowest BCUT2D eigenvalue weighted by molar-refractivity contribution is 0.332. The quantitative estimate of drug-likeness (QED) is 0.904. The van der Waals surface area contributed by atoms with Crippen molar-refractivity contribution in [3.63, 3.8) is 0 Å². The molecule has 2 fully saturated rings. The second-order valence-electron chi connectivity index (χ2n) is 6.29. The van der Waals surface area contributed by atoms with Crippen molar-refractivity contribution in [3.05, 3.63) is 24.2 Å². The SMILES string of the molecule is c1cnc2c(c1)nc(C1CCCN1)n2CC1CCCNC1. The number of rotatable bonds is 3. The Balaban J connectivity index is 1.70. The standard InChI is InChI=1S/C16H23N5/c1-4-12(10-17-7-1)11-21-15-14(6-3-9-19-15)20-16(21)13-5-2-8-18-13/h3,6,9,12-13,17-18H,1-2,4-5,7-8,10-11H2. The molecule has 5 nitrogen and oxygen atoms in total. The lowest BCUT2D eigenvalue weighted by Gasteiger charge is -2.24. The topological polar surface area (TPSA) is 54.8 Å². The fourth-order valence-corrected chi connectivity index (χ4v) is 3.66.